The molecule has 0 N–H and O–H groups in total. The number of carbonyl (C=O) groups is 1. The Balaban J connectivity index is 2.68. The van der Waals surface area contributed by atoms with Gasteiger partial charge in [0, 0.05) is 29.2 Å². The number of rotatable bonds is 3. The smallest absolute Gasteiger partial charge is 0.160 e. The van der Waals surface area contributed by atoms with E-state index < -0.39 is 0 Å². The van der Waals surface area contributed by atoms with Crippen LogP contribution in [0.3, 0.4) is 0 Å². The highest BCUT2D eigenvalue weighted by Gasteiger charge is 2.07. The summed E-state index contributed by atoms with van der Waals surface area (Å²) in [4.78, 5) is 11.4. The Morgan fingerprint density at radius 3 is 2.93 bits per heavy atom. The van der Waals surface area contributed by atoms with E-state index in [4.69, 9.17) is 0 Å². The van der Waals surface area contributed by atoms with Gasteiger partial charge in [-0.15, -0.1) is 6.58 Å². The zero-order valence-corrected chi connectivity index (χ0v) is 8.73. The van der Waals surface area contributed by atoms with Crippen LogP contribution in [0.15, 0.2) is 43.1 Å². The summed E-state index contributed by atoms with van der Waals surface area (Å²) in [5, 5.41) is 1.02. The van der Waals surface area contributed by atoms with E-state index in [-0.39, 0.29) is 5.78 Å². The summed E-state index contributed by atoms with van der Waals surface area (Å²) in [5.41, 5.74) is 1.87. The monoisotopic (exact) mass is 199 g/mol. The third-order valence-electron chi connectivity index (χ3n) is 2.52. The Kier molecular flexibility index (Phi) is 2.42. The van der Waals surface area contributed by atoms with Crippen LogP contribution in [0.1, 0.15) is 17.3 Å². The van der Waals surface area contributed by atoms with Crippen LogP contribution in [0.2, 0.25) is 0 Å². The van der Waals surface area contributed by atoms with Crippen LogP contribution in [-0.2, 0) is 6.54 Å². The molecule has 0 atom stereocenters. The highest BCUT2D eigenvalue weighted by atomic mass is 16.1. The lowest BCUT2D eigenvalue weighted by Gasteiger charge is -2.02. The molecule has 0 unspecified atom stereocenters. The van der Waals surface area contributed by atoms with Gasteiger partial charge < -0.3 is 4.57 Å². The van der Waals surface area contributed by atoms with E-state index in [9.17, 15) is 4.79 Å². The first kappa shape index (κ1) is 9.71. The third-order valence-corrected chi connectivity index (χ3v) is 2.52. The van der Waals surface area contributed by atoms with E-state index >= 15 is 0 Å². The number of aromatic nitrogens is 1. The molecule has 2 aromatic rings. The predicted molar refractivity (Wildman–Crippen MR) is 62.1 cm³/mol. The first-order chi connectivity index (χ1) is 7.24. The maximum absolute atomic E-state index is 11.4. The van der Waals surface area contributed by atoms with Gasteiger partial charge in [0.2, 0.25) is 0 Å². The summed E-state index contributed by atoms with van der Waals surface area (Å²) in [6, 6.07) is 7.78. The highest BCUT2D eigenvalue weighted by Crippen LogP contribution is 2.20. The molecule has 2 nitrogen and oxygen atoms in total. The number of carbonyl (C=O) groups excluding carboxylic acids is 1. The largest absolute Gasteiger partial charge is 0.344 e. The minimum atomic E-state index is 0.108. The van der Waals surface area contributed by atoms with Crippen molar-refractivity contribution in [2.75, 3.05) is 0 Å². The summed E-state index contributed by atoms with van der Waals surface area (Å²) in [7, 11) is 0. The number of hydrogen-bond acceptors (Lipinski definition) is 1. The van der Waals surface area contributed by atoms with Gasteiger partial charge in [-0.05, 0) is 19.1 Å². The van der Waals surface area contributed by atoms with Gasteiger partial charge in [0.25, 0.3) is 0 Å². The highest BCUT2D eigenvalue weighted by molar-refractivity contribution is 6.06. The average Bonchev–Trinajstić information content (AvgIpc) is 2.62. The van der Waals surface area contributed by atoms with E-state index in [1.807, 2.05) is 36.5 Å². The predicted octanol–water partition coefficient (Wildman–Crippen LogP) is 3.03. The van der Waals surface area contributed by atoms with Gasteiger partial charge in [0.05, 0.1) is 0 Å². The number of allylic oxidation sites excluding steroid dienone is 1. The molecule has 0 saturated carbocycles. The Bertz CT molecular complexity index is 522. The average molecular weight is 199 g/mol. The first-order valence-electron chi connectivity index (χ1n) is 4.93. The molecule has 0 spiro atoms. The van der Waals surface area contributed by atoms with E-state index in [1.165, 1.54) is 0 Å². The van der Waals surface area contributed by atoms with Gasteiger partial charge in [-0.3, -0.25) is 4.79 Å². The van der Waals surface area contributed by atoms with Gasteiger partial charge in [-0.1, -0.05) is 18.2 Å². The first-order valence-corrected chi connectivity index (χ1v) is 4.93. The molecule has 1 heterocycles. The maximum atomic E-state index is 11.4. The fourth-order valence-corrected chi connectivity index (χ4v) is 1.83. The van der Waals surface area contributed by atoms with Crippen LogP contribution < -0.4 is 0 Å². The van der Waals surface area contributed by atoms with Crippen molar-refractivity contribution in [1.29, 1.82) is 0 Å². The molecule has 76 valence electrons. The van der Waals surface area contributed by atoms with Crippen molar-refractivity contribution in [3.63, 3.8) is 0 Å². The summed E-state index contributed by atoms with van der Waals surface area (Å²) < 4.78 is 2.08. The maximum Gasteiger partial charge on any atom is 0.160 e. The Hall–Kier alpha value is -1.83. The lowest BCUT2D eigenvalue weighted by molar-refractivity contribution is 0.101. The number of Topliss-reactive ketones (excluding diaryl/α,β-unsaturated/α-hetero) is 1. The Morgan fingerprint density at radius 2 is 2.27 bits per heavy atom. The molecule has 0 aliphatic carbocycles. The number of benzene rings is 1. The fourth-order valence-electron chi connectivity index (χ4n) is 1.83. The van der Waals surface area contributed by atoms with Gasteiger partial charge in [-0.2, -0.15) is 0 Å². The molecule has 0 radical (unpaired) electrons. The van der Waals surface area contributed by atoms with Crippen molar-refractivity contribution in [2.24, 2.45) is 0 Å². The SMILES string of the molecule is C=CCn1ccc2c(C(C)=O)cccc21. The molecular formula is C13H13NO. The van der Waals surface area contributed by atoms with E-state index in [1.54, 1.807) is 6.92 Å². The zero-order chi connectivity index (χ0) is 10.8. The third kappa shape index (κ3) is 1.59. The fraction of sp³-hybridized carbons (Fsp3) is 0.154. The van der Waals surface area contributed by atoms with Crippen LogP contribution in [0.25, 0.3) is 10.9 Å². The van der Waals surface area contributed by atoms with Crippen LogP contribution in [-0.4, -0.2) is 10.4 Å². The van der Waals surface area contributed by atoms with Gasteiger partial charge in [0.1, 0.15) is 0 Å². The van der Waals surface area contributed by atoms with Crippen LogP contribution in [0.5, 0.6) is 0 Å². The van der Waals surface area contributed by atoms with Crippen molar-refractivity contribution in [3.05, 3.63) is 48.7 Å². The number of ketones is 1. The molecule has 0 aliphatic heterocycles. The molecule has 15 heavy (non-hydrogen) atoms. The van der Waals surface area contributed by atoms with E-state index in [0.717, 1.165) is 23.0 Å². The normalized spacial score (nSPS) is 10.5. The van der Waals surface area contributed by atoms with Gasteiger partial charge in [0.15, 0.2) is 5.78 Å². The quantitative estimate of drug-likeness (QED) is 0.550. The van der Waals surface area contributed by atoms with E-state index in [2.05, 4.69) is 11.1 Å². The molecular weight excluding hydrogens is 186 g/mol. The summed E-state index contributed by atoms with van der Waals surface area (Å²) in [6.07, 6.45) is 3.83. The topological polar surface area (TPSA) is 22.0 Å². The summed E-state index contributed by atoms with van der Waals surface area (Å²) in [6.45, 7) is 6.08. The molecule has 0 amide bonds. The molecule has 2 heteroatoms. The standard InChI is InChI=1S/C13H13NO/c1-3-8-14-9-7-12-11(10(2)15)5-4-6-13(12)14/h3-7,9H,1,8H2,2H3. The summed E-state index contributed by atoms with van der Waals surface area (Å²) >= 11 is 0. The lowest BCUT2D eigenvalue weighted by Crippen LogP contribution is -1.95. The Morgan fingerprint density at radius 1 is 1.47 bits per heavy atom. The molecule has 0 fully saturated rings. The van der Waals surface area contributed by atoms with E-state index in [0.29, 0.717) is 0 Å². The second-order valence-electron chi connectivity index (χ2n) is 3.55. The molecule has 0 bridgehead atoms. The van der Waals surface area contributed by atoms with Crippen molar-refractivity contribution >= 4 is 16.7 Å². The van der Waals surface area contributed by atoms with Gasteiger partial charge >= 0.3 is 0 Å². The molecule has 1 aromatic carbocycles. The number of nitrogens with zero attached hydrogens (tertiary/aromatic N) is 1. The van der Waals surface area contributed by atoms with Crippen LogP contribution >= 0.6 is 0 Å². The molecule has 0 aliphatic rings. The van der Waals surface area contributed by atoms with Crippen molar-refractivity contribution in [3.8, 4) is 0 Å². The van der Waals surface area contributed by atoms with Crippen molar-refractivity contribution < 1.29 is 4.79 Å². The van der Waals surface area contributed by atoms with Crippen molar-refractivity contribution in [2.45, 2.75) is 13.5 Å². The van der Waals surface area contributed by atoms with Crippen molar-refractivity contribution in [1.82, 2.24) is 4.57 Å². The molecule has 1 aromatic heterocycles. The van der Waals surface area contributed by atoms with Gasteiger partial charge in [-0.25, -0.2) is 0 Å². The number of hydrogen-bond donors (Lipinski definition) is 0. The number of fused-ring (bicyclic) bond motifs is 1. The second-order valence-corrected chi connectivity index (χ2v) is 3.55. The molecule has 0 saturated heterocycles. The minimum absolute atomic E-state index is 0.108. The summed E-state index contributed by atoms with van der Waals surface area (Å²) in [5.74, 6) is 0.108. The van der Waals surface area contributed by atoms with Crippen LogP contribution in [0, 0.1) is 0 Å². The lowest BCUT2D eigenvalue weighted by atomic mass is 10.1. The second kappa shape index (κ2) is 3.73. The molecule has 2 rings (SSSR count). The van der Waals surface area contributed by atoms with Crippen LogP contribution in [0.4, 0.5) is 0 Å². The Labute approximate surface area is 88.8 Å². The zero-order valence-electron chi connectivity index (χ0n) is 8.73. The minimum Gasteiger partial charge on any atom is -0.344 e.